The molecule has 0 saturated carbocycles. The Balaban J connectivity index is 1.72. The summed E-state index contributed by atoms with van der Waals surface area (Å²) < 4.78 is 5.76. The third-order valence-corrected chi connectivity index (χ3v) is 3.66. The predicted octanol–water partition coefficient (Wildman–Crippen LogP) is 2.44. The lowest BCUT2D eigenvalue weighted by Crippen LogP contribution is -2.31. The van der Waals surface area contributed by atoms with Crippen LogP contribution in [0, 0.1) is 0 Å². The summed E-state index contributed by atoms with van der Waals surface area (Å²) in [5.74, 6) is 1.15. The van der Waals surface area contributed by atoms with Gasteiger partial charge in [-0.25, -0.2) is 0 Å². The van der Waals surface area contributed by atoms with E-state index in [1.807, 2.05) is 0 Å². The summed E-state index contributed by atoms with van der Waals surface area (Å²) in [6.07, 6.45) is 11.7. The lowest BCUT2D eigenvalue weighted by molar-refractivity contribution is 0.197. The molecular formula is C15H26N2O. The van der Waals surface area contributed by atoms with Gasteiger partial charge >= 0.3 is 0 Å². The highest BCUT2D eigenvalue weighted by Gasteiger charge is 2.14. The average molecular weight is 250 g/mol. The Kier molecular flexibility index (Phi) is 5.75. The monoisotopic (exact) mass is 250 g/mol. The van der Waals surface area contributed by atoms with Crippen molar-refractivity contribution in [1.82, 2.24) is 4.90 Å². The van der Waals surface area contributed by atoms with E-state index >= 15 is 0 Å². The molecule has 0 spiro atoms. The molecule has 1 heterocycles. The van der Waals surface area contributed by atoms with Gasteiger partial charge in [-0.3, -0.25) is 4.90 Å². The summed E-state index contributed by atoms with van der Waals surface area (Å²) in [6, 6.07) is 0. The molecular weight excluding hydrogens is 224 g/mol. The second-order valence-electron chi connectivity index (χ2n) is 5.27. The first-order valence-corrected chi connectivity index (χ1v) is 7.30. The number of likely N-dealkylation sites (tertiary alicyclic amines) is 1. The van der Waals surface area contributed by atoms with Crippen LogP contribution in [0.25, 0.3) is 0 Å². The Hall–Kier alpha value is -0.800. The number of nitrogens with zero attached hydrogens (tertiary/aromatic N) is 1. The predicted molar refractivity (Wildman–Crippen MR) is 75.3 cm³/mol. The van der Waals surface area contributed by atoms with Gasteiger partial charge in [0.2, 0.25) is 0 Å². The molecule has 102 valence electrons. The minimum atomic E-state index is 0.712. The smallest absolute Gasteiger partial charge is 0.0963 e. The van der Waals surface area contributed by atoms with E-state index in [9.17, 15) is 0 Å². The zero-order chi connectivity index (χ0) is 12.6. The third-order valence-electron chi connectivity index (χ3n) is 3.66. The van der Waals surface area contributed by atoms with E-state index in [0.717, 1.165) is 38.2 Å². The van der Waals surface area contributed by atoms with Crippen LogP contribution in [0.1, 0.15) is 38.5 Å². The van der Waals surface area contributed by atoms with Gasteiger partial charge in [0.1, 0.15) is 0 Å². The molecule has 1 fully saturated rings. The van der Waals surface area contributed by atoms with Crippen molar-refractivity contribution < 1.29 is 4.74 Å². The van der Waals surface area contributed by atoms with Gasteiger partial charge in [0.25, 0.3) is 0 Å². The molecule has 0 aromatic rings. The first kappa shape index (κ1) is 13.6. The van der Waals surface area contributed by atoms with E-state index in [-0.39, 0.29) is 0 Å². The highest BCUT2D eigenvalue weighted by Crippen LogP contribution is 2.21. The highest BCUT2D eigenvalue weighted by atomic mass is 16.5. The van der Waals surface area contributed by atoms with Crippen molar-refractivity contribution in [2.24, 2.45) is 5.73 Å². The van der Waals surface area contributed by atoms with E-state index in [1.54, 1.807) is 0 Å². The molecule has 0 aromatic carbocycles. The summed E-state index contributed by atoms with van der Waals surface area (Å²) >= 11 is 0. The van der Waals surface area contributed by atoms with Crippen molar-refractivity contribution in [1.29, 1.82) is 0 Å². The van der Waals surface area contributed by atoms with E-state index in [2.05, 4.69) is 17.1 Å². The highest BCUT2D eigenvalue weighted by molar-refractivity contribution is 5.20. The largest absolute Gasteiger partial charge is 0.498 e. The number of rotatable bonds is 6. The van der Waals surface area contributed by atoms with Gasteiger partial charge in [0.15, 0.2) is 0 Å². The molecule has 2 aliphatic rings. The summed E-state index contributed by atoms with van der Waals surface area (Å²) in [4.78, 5) is 2.58. The standard InChI is InChI=1S/C15H26N2O/c16-8-5-11-18-15-7-4-6-14(12-15)13-17-9-2-1-3-10-17/h6-7H,1-5,8-13,16H2. The molecule has 2 rings (SSSR count). The zero-order valence-electron chi connectivity index (χ0n) is 11.4. The maximum atomic E-state index is 5.76. The van der Waals surface area contributed by atoms with Crippen LogP contribution < -0.4 is 5.73 Å². The lowest BCUT2D eigenvalue weighted by Gasteiger charge is -2.28. The Morgan fingerprint density at radius 3 is 2.78 bits per heavy atom. The van der Waals surface area contributed by atoms with Crippen molar-refractivity contribution in [3.05, 3.63) is 23.5 Å². The van der Waals surface area contributed by atoms with Gasteiger partial charge in [-0.1, -0.05) is 18.1 Å². The van der Waals surface area contributed by atoms with E-state index in [1.165, 1.54) is 37.9 Å². The van der Waals surface area contributed by atoms with Gasteiger partial charge in [0.05, 0.1) is 12.4 Å². The number of hydrogen-bond donors (Lipinski definition) is 1. The molecule has 0 radical (unpaired) electrons. The van der Waals surface area contributed by atoms with Crippen LogP contribution in [0.5, 0.6) is 0 Å². The maximum Gasteiger partial charge on any atom is 0.0963 e. The Morgan fingerprint density at radius 2 is 2.00 bits per heavy atom. The Bertz CT molecular complexity index is 304. The molecule has 3 nitrogen and oxygen atoms in total. The van der Waals surface area contributed by atoms with Gasteiger partial charge in [-0.05, 0) is 51.4 Å². The van der Waals surface area contributed by atoms with Crippen LogP contribution in [0.3, 0.4) is 0 Å². The third kappa shape index (κ3) is 4.46. The summed E-state index contributed by atoms with van der Waals surface area (Å²) in [6.45, 7) is 5.15. The van der Waals surface area contributed by atoms with Crippen molar-refractivity contribution in [3.63, 3.8) is 0 Å². The van der Waals surface area contributed by atoms with Crippen molar-refractivity contribution in [2.75, 3.05) is 32.8 Å². The number of hydrogen-bond acceptors (Lipinski definition) is 3. The topological polar surface area (TPSA) is 38.5 Å². The fourth-order valence-corrected chi connectivity index (χ4v) is 2.65. The molecule has 1 saturated heterocycles. The number of piperidine rings is 1. The van der Waals surface area contributed by atoms with Crippen LogP contribution in [-0.2, 0) is 4.74 Å². The fraction of sp³-hybridized carbons (Fsp3) is 0.733. The van der Waals surface area contributed by atoms with Crippen LogP contribution in [0.15, 0.2) is 23.5 Å². The second kappa shape index (κ2) is 7.59. The number of allylic oxidation sites excluding steroid dienone is 3. The fourth-order valence-electron chi connectivity index (χ4n) is 2.65. The molecule has 2 N–H and O–H groups in total. The molecule has 18 heavy (non-hydrogen) atoms. The number of nitrogens with two attached hydrogens (primary N) is 1. The lowest BCUT2D eigenvalue weighted by atomic mass is 10.0. The van der Waals surface area contributed by atoms with Gasteiger partial charge < -0.3 is 10.5 Å². The quantitative estimate of drug-likeness (QED) is 0.581. The van der Waals surface area contributed by atoms with E-state index < -0.39 is 0 Å². The Morgan fingerprint density at radius 1 is 1.17 bits per heavy atom. The van der Waals surface area contributed by atoms with Crippen molar-refractivity contribution in [3.8, 4) is 0 Å². The molecule has 3 heteroatoms. The van der Waals surface area contributed by atoms with Crippen molar-refractivity contribution >= 4 is 0 Å². The van der Waals surface area contributed by atoms with Crippen LogP contribution in [0.2, 0.25) is 0 Å². The second-order valence-corrected chi connectivity index (χ2v) is 5.27. The molecule has 0 aromatic heterocycles. The molecule has 0 atom stereocenters. The molecule has 1 aliphatic heterocycles. The minimum Gasteiger partial charge on any atom is -0.498 e. The van der Waals surface area contributed by atoms with Crippen LogP contribution >= 0.6 is 0 Å². The first-order chi connectivity index (χ1) is 8.88. The zero-order valence-corrected chi connectivity index (χ0v) is 11.4. The molecule has 0 unspecified atom stereocenters. The summed E-state index contributed by atoms with van der Waals surface area (Å²) in [5.41, 5.74) is 7.01. The normalized spacial score (nSPS) is 21.4. The van der Waals surface area contributed by atoms with Crippen molar-refractivity contribution in [2.45, 2.75) is 38.5 Å². The molecule has 0 amide bonds. The van der Waals surface area contributed by atoms with Gasteiger partial charge in [-0.2, -0.15) is 0 Å². The maximum absolute atomic E-state index is 5.76. The van der Waals surface area contributed by atoms with Crippen LogP contribution in [0.4, 0.5) is 0 Å². The van der Waals surface area contributed by atoms with E-state index in [0.29, 0.717) is 6.54 Å². The summed E-state index contributed by atoms with van der Waals surface area (Å²) in [7, 11) is 0. The number of ether oxygens (including phenoxy) is 1. The first-order valence-electron chi connectivity index (χ1n) is 7.30. The SMILES string of the molecule is NCCCOC1=CCC=C(CN2CCCCC2)C1. The average Bonchev–Trinajstić information content (AvgIpc) is 2.41. The minimum absolute atomic E-state index is 0.712. The van der Waals surface area contributed by atoms with Gasteiger partial charge in [0, 0.05) is 13.0 Å². The molecule has 1 aliphatic carbocycles. The van der Waals surface area contributed by atoms with Crippen LogP contribution in [-0.4, -0.2) is 37.7 Å². The Labute approximate surface area is 111 Å². The molecule has 0 bridgehead atoms. The van der Waals surface area contributed by atoms with Gasteiger partial charge in [-0.15, -0.1) is 0 Å². The summed E-state index contributed by atoms with van der Waals surface area (Å²) in [5, 5.41) is 0. The van der Waals surface area contributed by atoms with E-state index in [4.69, 9.17) is 10.5 Å².